The standard InChI is InChI=1S/C21H24O7/c1-12(22)27-21-19(13-6-9-16(24-3)18(10-13)25-4)28-17-11-14(23-2)7-8-15(17)20(21)26-5/h6-11,19-21H,1-5H3. The Kier molecular flexibility index (Phi) is 5.94. The lowest BCUT2D eigenvalue weighted by Crippen LogP contribution is -2.38. The Hall–Kier alpha value is -2.93. The number of carbonyl (C=O) groups excluding carboxylic acids is 1. The van der Waals surface area contributed by atoms with Crippen molar-refractivity contribution in [2.45, 2.75) is 25.2 Å². The predicted molar refractivity (Wildman–Crippen MR) is 101 cm³/mol. The minimum Gasteiger partial charge on any atom is -0.497 e. The average molecular weight is 388 g/mol. The lowest BCUT2D eigenvalue weighted by atomic mass is 9.91. The van der Waals surface area contributed by atoms with Gasteiger partial charge >= 0.3 is 5.97 Å². The van der Waals surface area contributed by atoms with Gasteiger partial charge in [0.15, 0.2) is 23.7 Å². The van der Waals surface area contributed by atoms with E-state index in [4.69, 9.17) is 28.4 Å². The van der Waals surface area contributed by atoms with E-state index in [0.717, 1.165) is 11.1 Å². The van der Waals surface area contributed by atoms with Gasteiger partial charge in [-0.2, -0.15) is 0 Å². The van der Waals surface area contributed by atoms with Crippen LogP contribution in [0.25, 0.3) is 0 Å². The molecule has 2 aromatic rings. The third-order valence-electron chi connectivity index (χ3n) is 4.67. The Labute approximate surface area is 164 Å². The summed E-state index contributed by atoms with van der Waals surface area (Å²) in [4.78, 5) is 11.8. The molecule has 0 aromatic heterocycles. The highest BCUT2D eigenvalue weighted by Gasteiger charge is 2.42. The molecule has 0 fully saturated rings. The number of hydrogen-bond donors (Lipinski definition) is 0. The van der Waals surface area contributed by atoms with E-state index in [2.05, 4.69) is 0 Å². The number of benzene rings is 2. The van der Waals surface area contributed by atoms with Crippen molar-refractivity contribution in [1.29, 1.82) is 0 Å². The quantitative estimate of drug-likeness (QED) is 0.702. The molecule has 0 amide bonds. The largest absolute Gasteiger partial charge is 0.497 e. The summed E-state index contributed by atoms with van der Waals surface area (Å²) in [6, 6.07) is 10.9. The highest BCUT2D eigenvalue weighted by molar-refractivity contribution is 5.66. The molecule has 7 heteroatoms. The lowest BCUT2D eigenvalue weighted by Gasteiger charge is -2.38. The van der Waals surface area contributed by atoms with Gasteiger partial charge in [-0.3, -0.25) is 4.79 Å². The predicted octanol–water partition coefficient (Wildman–Crippen LogP) is 3.47. The molecule has 3 rings (SSSR count). The van der Waals surface area contributed by atoms with Gasteiger partial charge < -0.3 is 28.4 Å². The van der Waals surface area contributed by atoms with Crippen LogP contribution < -0.4 is 18.9 Å². The summed E-state index contributed by atoms with van der Waals surface area (Å²) < 4.78 is 33.6. The summed E-state index contributed by atoms with van der Waals surface area (Å²) in [7, 11) is 6.29. The third kappa shape index (κ3) is 3.71. The van der Waals surface area contributed by atoms with Crippen LogP contribution in [0.2, 0.25) is 0 Å². The molecule has 0 radical (unpaired) electrons. The number of methoxy groups -OCH3 is 4. The molecule has 0 bridgehead atoms. The van der Waals surface area contributed by atoms with E-state index in [1.807, 2.05) is 18.2 Å². The van der Waals surface area contributed by atoms with Crippen molar-refractivity contribution >= 4 is 5.97 Å². The van der Waals surface area contributed by atoms with Gasteiger partial charge in [-0.25, -0.2) is 0 Å². The highest BCUT2D eigenvalue weighted by atomic mass is 16.6. The summed E-state index contributed by atoms with van der Waals surface area (Å²) in [5, 5.41) is 0. The molecule has 0 saturated heterocycles. The van der Waals surface area contributed by atoms with Gasteiger partial charge in [0, 0.05) is 31.2 Å². The van der Waals surface area contributed by atoms with Crippen LogP contribution in [0.1, 0.15) is 30.3 Å². The topological polar surface area (TPSA) is 72.5 Å². The van der Waals surface area contributed by atoms with Gasteiger partial charge in [-0.1, -0.05) is 6.07 Å². The summed E-state index contributed by atoms with van der Waals surface area (Å²) in [5.74, 6) is 1.99. The molecular weight excluding hydrogens is 364 g/mol. The molecule has 0 N–H and O–H groups in total. The Balaban J connectivity index is 2.10. The second-order valence-electron chi connectivity index (χ2n) is 6.29. The molecule has 0 spiro atoms. The molecule has 2 aromatic carbocycles. The van der Waals surface area contributed by atoms with E-state index in [9.17, 15) is 4.79 Å². The van der Waals surface area contributed by atoms with Crippen LogP contribution in [-0.2, 0) is 14.3 Å². The Morgan fingerprint density at radius 1 is 0.929 bits per heavy atom. The van der Waals surface area contributed by atoms with E-state index in [1.54, 1.807) is 46.6 Å². The second kappa shape index (κ2) is 8.39. The van der Waals surface area contributed by atoms with Gasteiger partial charge in [0.1, 0.15) is 17.6 Å². The Morgan fingerprint density at radius 2 is 1.68 bits per heavy atom. The minimum absolute atomic E-state index is 0.418. The van der Waals surface area contributed by atoms with Crippen molar-refractivity contribution in [1.82, 2.24) is 0 Å². The number of rotatable bonds is 6. The van der Waals surface area contributed by atoms with Crippen LogP contribution in [-0.4, -0.2) is 40.5 Å². The van der Waals surface area contributed by atoms with Crippen LogP contribution >= 0.6 is 0 Å². The maximum atomic E-state index is 11.8. The second-order valence-corrected chi connectivity index (χ2v) is 6.29. The molecule has 150 valence electrons. The highest BCUT2D eigenvalue weighted by Crippen LogP contribution is 2.46. The molecule has 7 nitrogen and oxygen atoms in total. The Bertz CT molecular complexity index is 849. The fourth-order valence-corrected chi connectivity index (χ4v) is 3.38. The van der Waals surface area contributed by atoms with Crippen molar-refractivity contribution in [2.24, 2.45) is 0 Å². The number of hydrogen-bond acceptors (Lipinski definition) is 7. The minimum atomic E-state index is -0.679. The zero-order valence-corrected chi connectivity index (χ0v) is 16.6. The zero-order valence-electron chi connectivity index (χ0n) is 16.6. The first-order valence-corrected chi connectivity index (χ1v) is 8.78. The first-order chi connectivity index (χ1) is 13.5. The number of esters is 1. The van der Waals surface area contributed by atoms with E-state index in [-0.39, 0.29) is 0 Å². The van der Waals surface area contributed by atoms with Crippen LogP contribution in [0, 0.1) is 0 Å². The summed E-state index contributed by atoms with van der Waals surface area (Å²) >= 11 is 0. The first-order valence-electron chi connectivity index (χ1n) is 8.78. The lowest BCUT2D eigenvalue weighted by molar-refractivity contribution is -0.167. The molecule has 3 atom stereocenters. The summed E-state index contributed by atoms with van der Waals surface area (Å²) in [6.45, 7) is 1.36. The first kappa shape index (κ1) is 19.8. The van der Waals surface area contributed by atoms with Crippen molar-refractivity contribution in [3.05, 3.63) is 47.5 Å². The molecule has 0 saturated carbocycles. The normalized spacial score (nSPS) is 20.5. The van der Waals surface area contributed by atoms with Crippen molar-refractivity contribution in [2.75, 3.05) is 28.4 Å². The van der Waals surface area contributed by atoms with Gasteiger partial charge in [0.05, 0.1) is 21.3 Å². The molecule has 1 heterocycles. The molecule has 28 heavy (non-hydrogen) atoms. The summed E-state index contributed by atoms with van der Waals surface area (Å²) in [6.07, 6.45) is -1.79. The van der Waals surface area contributed by atoms with E-state index in [0.29, 0.717) is 23.0 Å². The third-order valence-corrected chi connectivity index (χ3v) is 4.67. The van der Waals surface area contributed by atoms with Crippen molar-refractivity contribution < 1.29 is 33.2 Å². The fourth-order valence-electron chi connectivity index (χ4n) is 3.38. The van der Waals surface area contributed by atoms with Crippen LogP contribution in [0.15, 0.2) is 36.4 Å². The molecular formula is C21H24O7. The summed E-state index contributed by atoms with van der Waals surface area (Å²) in [5.41, 5.74) is 1.55. The van der Waals surface area contributed by atoms with Crippen LogP contribution in [0.4, 0.5) is 0 Å². The van der Waals surface area contributed by atoms with E-state index < -0.39 is 24.3 Å². The van der Waals surface area contributed by atoms with Gasteiger partial charge in [-0.15, -0.1) is 0 Å². The maximum absolute atomic E-state index is 11.8. The molecule has 3 unspecified atom stereocenters. The smallest absolute Gasteiger partial charge is 0.303 e. The molecule has 1 aliphatic rings. The van der Waals surface area contributed by atoms with Gasteiger partial charge in [0.25, 0.3) is 0 Å². The zero-order chi connectivity index (χ0) is 20.3. The molecule has 1 aliphatic heterocycles. The van der Waals surface area contributed by atoms with Crippen molar-refractivity contribution in [3.8, 4) is 23.0 Å². The number of ether oxygens (including phenoxy) is 6. The Morgan fingerprint density at radius 3 is 2.29 bits per heavy atom. The number of carbonyl (C=O) groups is 1. The molecule has 0 aliphatic carbocycles. The van der Waals surface area contributed by atoms with Crippen molar-refractivity contribution in [3.63, 3.8) is 0 Å². The van der Waals surface area contributed by atoms with E-state index in [1.165, 1.54) is 6.92 Å². The van der Waals surface area contributed by atoms with Gasteiger partial charge in [0.2, 0.25) is 0 Å². The fraction of sp³-hybridized carbons (Fsp3) is 0.381. The maximum Gasteiger partial charge on any atom is 0.303 e. The SMILES string of the molecule is COc1ccc2c(c1)OC(c1ccc(OC)c(OC)c1)C(OC(C)=O)C2OC. The van der Waals surface area contributed by atoms with Crippen LogP contribution in [0.3, 0.4) is 0 Å². The van der Waals surface area contributed by atoms with Gasteiger partial charge in [-0.05, 0) is 24.3 Å². The van der Waals surface area contributed by atoms with Crippen LogP contribution in [0.5, 0.6) is 23.0 Å². The average Bonchev–Trinajstić information content (AvgIpc) is 2.71. The monoisotopic (exact) mass is 388 g/mol. The number of fused-ring (bicyclic) bond motifs is 1. The van der Waals surface area contributed by atoms with E-state index >= 15 is 0 Å².